The zero-order chi connectivity index (χ0) is 14.8. The number of hydrogen-bond acceptors (Lipinski definition) is 6. The standard InChI is InChI=1S/C14H17NO4S2/c1-18-13(17)11-6-10-14(21-11)20-8-12(16)15(10)7-9-2-4-19-5-3-9/h6,9H,2-5,7-8H2,1H3. The van der Waals surface area contributed by atoms with Gasteiger partial charge in [0, 0.05) is 19.8 Å². The Bertz CT molecular complexity index is 551. The SMILES string of the molecule is COC(=O)c1cc2c(s1)SCC(=O)N2CC1CCOCC1. The average Bonchev–Trinajstić information content (AvgIpc) is 2.95. The normalized spacial score (nSPS) is 19.5. The van der Waals surface area contributed by atoms with Crippen molar-refractivity contribution in [2.75, 3.05) is 37.5 Å². The summed E-state index contributed by atoms with van der Waals surface area (Å²) < 4.78 is 11.2. The molecule has 0 saturated carbocycles. The molecule has 1 saturated heterocycles. The highest BCUT2D eigenvalue weighted by Gasteiger charge is 2.30. The van der Waals surface area contributed by atoms with Crippen molar-refractivity contribution in [2.45, 2.75) is 17.1 Å². The van der Waals surface area contributed by atoms with Gasteiger partial charge < -0.3 is 14.4 Å². The predicted molar refractivity (Wildman–Crippen MR) is 82.3 cm³/mol. The number of fused-ring (bicyclic) bond motifs is 1. The number of ether oxygens (including phenoxy) is 2. The van der Waals surface area contributed by atoms with E-state index in [1.165, 1.54) is 30.2 Å². The number of nitrogens with zero attached hydrogens (tertiary/aromatic N) is 1. The Balaban J connectivity index is 1.82. The van der Waals surface area contributed by atoms with Crippen molar-refractivity contribution in [1.82, 2.24) is 0 Å². The third-order valence-corrected chi connectivity index (χ3v) is 6.13. The molecule has 2 aliphatic heterocycles. The number of hydrogen-bond donors (Lipinski definition) is 0. The largest absolute Gasteiger partial charge is 0.465 e. The van der Waals surface area contributed by atoms with Crippen LogP contribution in [0.4, 0.5) is 5.69 Å². The maximum Gasteiger partial charge on any atom is 0.348 e. The van der Waals surface area contributed by atoms with E-state index >= 15 is 0 Å². The Morgan fingerprint density at radius 3 is 2.95 bits per heavy atom. The van der Waals surface area contributed by atoms with Gasteiger partial charge >= 0.3 is 5.97 Å². The average molecular weight is 327 g/mol. The highest BCUT2D eigenvalue weighted by atomic mass is 32.2. The second kappa shape index (κ2) is 6.37. The quantitative estimate of drug-likeness (QED) is 0.798. The van der Waals surface area contributed by atoms with Gasteiger partial charge in [0.1, 0.15) is 4.88 Å². The molecule has 1 aromatic rings. The number of thiophene rings is 1. The van der Waals surface area contributed by atoms with Crippen LogP contribution in [0, 0.1) is 5.92 Å². The molecule has 0 unspecified atom stereocenters. The minimum Gasteiger partial charge on any atom is -0.465 e. The van der Waals surface area contributed by atoms with E-state index < -0.39 is 0 Å². The molecular weight excluding hydrogens is 310 g/mol. The topological polar surface area (TPSA) is 55.8 Å². The summed E-state index contributed by atoms with van der Waals surface area (Å²) in [5, 5.41) is 0. The zero-order valence-corrected chi connectivity index (χ0v) is 13.4. The molecule has 3 heterocycles. The van der Waals surface area contributed by atoms with Crippen LogP contribution in [0.3, 0.4) is 0 Å². The van der Waals surface area contributed by atoms with E-state index in [1.54, 1.807) is 6.07 Å². The van der Waals surface area contributed by atoms with Crippen LogP contribution in [0.25, 0.3) is 0 Å². The number of esters is 1. The van der Waals surface area contributed by atoms with Gasteiger partial charge in [-0.3, -0.25) is 4.79 Å². The number of rotatable bonds is 3. The van der Waals surface area contributed by atoms with Crippen LogP contribution in [0.5, 0.6) is 0 Å². The summed E-state index contributed by atoms with van der Waals surface area (Å²) in [6.07, 6.45) is 1.97. The zero-order valence-electron chi connectivity index (χ0n) is 11.8. The van der Waals surface area contributed by atoms with Gasteiger partial charge in [-0.2, -0.15) is 0 Å². The molecular formula is C14H17NO4S2. The fourth-order valence-electron chi connectivity index (χ4n) is 2.58. The molecule has 7 heteroatoms. The molecule has 5 nitrogen and oxygen atoms in total. The van der Waals surface area contributed by atoms with Crippen molar-refractivity contribution < 1.29 is 19.1 Å². The molecule has 1 fully saturated rings. The van der Waals surface area contributed by atoms with Gasteiger partial charge in [-0.25, -0.2) is 4.79 Å². The Morgan fingerprint density at radius 2 is 2.24 bits per heavy atom. The lowest BCUT2D eigenvalue weighted by atomic mass is 9.99. The lowest BCUT2D eigenvalue weighted by Crippen LogP contribution is -2.39. The highest BCUT2D eigenvalue weighted by molar-refractivity contribution is 8.02. The monoisotopic (exact) mass is 327 g/mol. The first-order valence-corrected chi connectivity index (χ1v) is 8.72. The smallest absolute Gasteiger partial charge is 0.348 e. The van der Waals surface area contributed by atoms with Gasteiger partial charge in [-0.1, -0.05) is 0 Å². The van der Waals surface area contributed by atoms with E-state index in [4.69, 9.17) is 9.47 Å². The molecule has 1 amide bonds. The van der Waals surface area contributed by atoms with Gasteiger partial charge in [0.25, 0.3) is 0 Å². The van der Waals surface area contributed by atoms with E-state index in [1.807, 2.05) is 4.90 Å². The molecule has 21 heavy (non-hydrogen) atoms. The molecule has 0 radical (unpaired) electrons. The Labute approximate surface area is 131 Å². The van der Waals surface area contributed by atoms with Crippen LogP contribution >= 0.6 is 23.1 Å². The molecule has 0 bridgehead atoms. The van der Waals surface area contributed by atoms with Crippen molar-refractivity contribution in [3.63, 3.8) is 0 Å². The van der Waals surface area contributed by atoms with Crippen molar-refractivity contribution in [3.8, 4) is 0 Å². The number of amides is 1. The molecule has 0 spiro atoms. The second-order valence-corrected chi connectivity index (χ2v) is 7.42. The van der Waals surface area contributed by atoms with Crippen LogP contribution in [0.1, 0.15) is 22.5 Å². The first kappa shape index (κ1) is 14.9. The van der Waals surface area contributed by atoms with Crippen molar-refractivity contribution in [2.24, 2.45) is 5.92 Å². The summed E-state index contributed by atoms with van der Waals surface area (Å²) in [6.45, 7) is 2.25. The van der Waals surface area contributed by atoms with Crippen molar-refractivity contribution >= 4 is 40.7 Å². The maximum atomic E-state index is 12.2. The molecule has 1 aromatic heterocycles. The Morgan fingerprint density at radius 1 is 1.48 bits per heavy atom. The summed E-state index contributed by atoms with van der Waals surface area (Å²) in [7, 11) is 1.37. The first-order valence-electron chi connectivity index (χ1n) is 6.92. The summed E-state index contributed by atoms with van der Waals surface area (Å²) in [5.74, 6) is 0.693. The lowest BCUT2D eigenvalue weighted by Gasteiger charge is -2.32. The lowest BCUT2D eigenvalue weighted by molar-refractivity contribution is -0.116. The predicted octanol–water partition coefficient (Wildman–Crippen LogP) is 2.40. The summed E-state index contributed by atoms with van der Waals surface area (Å²) in [6, 6.07) is 1.79. The number of carbonyl (C=O) groups excluding carboxylic acids is 2. The third-order valence-electron chi connectivity index (χ3n) is 3.77. The molecule has 0 N–H and O–H groups in total. The van der Waals surface area contributed by atoms with E-state index in [0.29, 0.717) is 23.1 Å². The maximum absolute atomic E-state index is 12.2. The van der Waals surface area contributed by atoms with Gasteiger partial charge in [0.05, 0.1) is 22.8 Å². The Kier molecular flexibility index (Phi) is 4.51. The van der Waals surface area contributed by atoms with Crippen LogP contribution in [0.15, 0.2) is 10.3 Å². The molecule has 0 aliphatic carbocycles. The summed E-state index contributed by atoms with van der Waals surface area (Å²) in [5.41, 5.74) is 0.869. The number of anilines is 1. The van der Waals surface area contributed by atoms with E-state index in [2.05, 4.69) is 0 Å². The summed E-state index contributed by atoms with van der Waals surface area (Å²) in [4.78, 5) is 26.3. The molecule has 114 valence electrons. The molecule has 0 aromatic carbocycles. The van der Waals surface area contributed by atoms with Crippen LogP contribution in [-0.2, 0) is 14.3 Å². The van der Waals surface area contributed by atoms with Gasteiger partial charge in [-0.05, 0) is 24.8 Å². The number of carbonyl (C=O) groups is 2. The number of methoxy groups -OCH3 is 1. The van der Waals surface area contributed by atoms with Gasteiger partial charge in [0.2, 0.25) is 5.91 Å². The Hall–Kier alpha value is -1.05. The van der Waals surface area contributed by atoms with Gasteiger partial charge in [0.15, 0.2) is 0 Å². The molecule has 0 atom stereocenters. The van der Waals surface area contributed by atoms with E-state index in [9.17, 15) is 9.59 Å². The summed E-state index contributed by atoms with van der Waals surface area (Å²) >= 11 is 2.91. The molecule has 3 rings (SSSR count). The fourth-order valence-corrected chi connectivity index (χ4v) is 4.80. The molecule has 2 aliphatic rings. The minimum atomic E-state index is -0.339. The third kappa shape index (κ3) is 3.09. The minimum absolute atomic E-state index is 0.119. The fraction of sp³-hybridized carbons (Fsp3) is 0.571. The van der Waals surface area contributed by atoms with Crippen LogP contribution < -0.4 is 4.90 Å². The van der Waals surface area contributed by atoms with E-state index in [0.717, 1.165) is 36.0 Å². The van der Waals surface area contributed by atoms with Crippen molar-refractivity contribution in [3.05, 3.63) is 10.9 Å². The second-order valence-electron chi connectivity index (χ2n) is 5.12. The van der Waals surface area contributed by atoms with Crippen LogP contribution in [0.2, 0.25) is 0 Å². The van der Waals surface area contributed by atoms with E-state index in [-0.39, 0.29) is 11.9 Å². The number of thioether (sulfide) groups is 1. The van der Waals surface area contributed by atoms with Gasteiger partial charge in [-0.15, -0.1) is 23.1 Å². The van der Waals surface area contributed by atoms with Crippen molar-refractivity contribution in [1.29, 1.82) is 0 Å². The first-order chi connectivity index (χ1) is 10.2. The van der Waals surface area contributed by atoms with Crippen LogP contribution in [-0.4, -0.2) is 44.5 Å². The highest BCUT2D eigenvalue weighted by Crippen LogP contribution is 2.42.